The minimum Gasteiger partial charge on any atom is -0.483 e. The van der Waals surface area contributed by atoms with E-state index in [0.717, 1.165) is 57.0 Å². The van der Waals surface area contributed by atoms with Crippen LogP contribution in [0.2, 0.25) is 5.02 Å². The summed E-state index contributed by atoms with van der Waals surface area (Å²) in [6.07, 6.45) is -4.69. The topological polar surface area (TPSA) is 109 Å². The molecule has 0 bridgehead atoms. The lowest BCUT2D eigenvalue weighted by Gasteiger charge is -2.31. The lowest BCUT2D eigenvalue weighted by molar-refractivity contribution is -0.137. The molecule has 0 spiro atoms. The van der Waals surface area contributed by atoms with E-state index in [2.05, 4.69) is 10.3 Å². The maximum atomic E-state index is 14.1. The highest BCUT2D eigenvalue weighted by Crippen LogP contribution is 2.55. The molecule has 3 atom stereocenters. The molecule has 4 aromatic carbocycles. The number of fused-ring (bicyclic) bond motifs is 3. The van der Waals surface area contributed by atoms with Crippen molar-refractivity contribution in [1.82, 2.24) is 4.98 Å². The quantitative estimate of drug-likeness (QED) is 0.184. The number of imide groups is 1. The Morgan fingerprint density at radius 2 is 1.72 bits per heavy atom. The highest BCUT2D eigenvalue weighted by Gasteiger charge is 2.57. The fourth-order valence-electron chi connectivity index (χ4n) is 5.93. The number of nitrogens with one attached hydrogen (secondary N) is 2. The number of aromatic amines is 1. The Morgan fingerprint density at radius 3 is 2.51 bits per heavy atom. The van der Waals surface area contributed by atoms with Crippen molar-refractivity contribution >= 4 is 74.6 Å². The third-order valence-corrected chi connectivity index (χ3v) is 10.6. The van der Waals surface area contributed by atoms with Crippen LogP contribution in [0.1, 0.15) is 21.9 Å². The number of ether oxygens (including phenoxy) is 1. The van der Waals surface area contributed by atoms with Gasteiger partial charge in [-0.15, -0.1) is 0 Å². The first-order valence-electron chi connectivity index (χ1n) is 14.1. The molecule has 3 heterocycles. The van der Waals surface area contributed by atoms with E-state index in [1.807, 2.05) is 36.4 Å². The first-order chi connectivity index (χ1) is 22.5. The SMILES string of the molecule is O=C(COc1ccc(Cl)cc1[C@@H]1c2sc(=O)[nH]c2S[C@H]2C(=O)N(c3cccc(C(F)(F)F)c3)C(=O)[C@@H]12)Nc1ccc2ccccc2c1. The van der Waals surface area contributed by atoms with E-state index in [1.54, 1.807) is 6.07 Å². The van der Waals surface area contributed by atoms with Gasteiger partial charge in [0, 0.05) is 27.1 Å². The molecule has 1 saturated heterocycles. The second kappa shape index (κ2) is 11.9. The molecule has 7 rings (SSSR count). The van der Waals surface area contributed by atoms with Crippen LogP contribution in [0.3, 0.4) is 0 Å². The van der Waals surface area contributed by atoms with Gasteiger partial charge < -0.3 is 15.0 Å². The molecule has 2 N–H and O–H groups in total. The Hall–Kier alpha value is -4.59. The summed E-state index contributed by atoms with van der Waals surface area (Å²) >= 11 is 8.23. The van der Waals surface area contributed by atoms with Crippen LogP contribution in [0.15, 0.2) is 94.7 Å². The Morgan fingerprint density at radius 1 is 0.936 bits per heavy atom. The summed E-state index contributed by atoms with van der Waals surface area (Å²) in [4.78, 5) is 56.8. The number of benzene rings is 4. The summed E-state index contributed by atoms with van der Waals surface area (Å²) in [5.41, 5.74) is -0.318. The molecule has 8 nitrogen and oxygen atoms in total. The third-order valence-electron chi connectivity index (χ3n) is 7.95. The average molecular weight is 696 g/mol. The molecule has 238 valence electrons. The van der Waals surface area contributed by atoms with Crippen molar-refractivity contribution in [3.05, 3.63) is 116 Å². The van der Waals surface area contributed by atoms with Crippen LogP contribution < -0.4 is 19.8 Å². The normalized spacial score (nSPS) is 19.1. The smallest absolute Gasteiger partial charge is 0.416 e. The van der Waals surface area contributed by atoms with Crippen molar-refractivity contribution in [3.63, 3.8) is 0 Å². The standard InChI is InChI=1S/C33H21ClF3N3O5S2/c34-19-9-11-23(45-15-24(41)38-20-10-8-16-4-1-2-5-17(16)12-20)22(14-19)25-26-28(46-29-27(25)47-32(44)39-29)31(43)40(30(26)42)21-7-3-6-18(13-21)33(35,36)37/h1-14,25-26,28H,15H2,(H,38,41)(H,39,44)/t25-,26-,28+/m0/s1. The molecule has 47 heavy (non-hydrogen) atoms. The number of anilines is 2. The molecule has 1 fully saturated rings. The second-order valence-electron chi connectivity index (χ2n) is 10.9. The summed E-state index contributed by atoms with van der Waals surface area (Å²) in [6, 6.07) is 21.8. The molecule has 3 amide bonds. The maximum absolute atomic E-state index is 14.1. The fourth-order valence-corrected chi connectivity index (χ4v) is 8.62. The van der Waals surface area contributed by atoms with Gasteiger partial charge in [0.05, 0.1) is 22.2 Å². The number of amides is 3. The van der Waals surface area contributed by atoms with Gasteiger partial charge in [0.15, 0.2) is 6.61 Å². The molecular weight excluding hydrogens is 675 g/mol. The summed E-state index contributed by atoms with van der Waals surface area (Å²) in [5.74, 6) is -3.79. The fraction of sp³-hybridized carbons (Fsp3) is 0.152. The first-order valence-corrected chi connectivity index (χ1v) is 16.2. The second-order valence-corrected chi connectivity index (χ2v) is 13.5. The van der Waals surface area contributed by atoms with E-state index in [0.29, 0.717) is 21.2 Å². The first kappa shape index (κ1) is 31.0. The van der Waals surface area contributed by atoms with Crippen LogP contribution in [-0.2, 0) is 20.6 Å². The minimum absolute atomic E-state index is 0.184. The number of hydrogen-bond acceptors (Lipinski definition) is 7. The number of alkyl halides is 3. The highest BCUT2D eigenvalue weighted by atomic mass is 35.5. The number of thioether (sulfide) groups is 1. The number of carbonyl (C=O) groups excluding carboxylic acids is 3. The van der Waals surface area contributed by atoms with Gasteiger partial charge in [-0.05, 0) is 59.3 Å². The van der Waals surface area contributed by atoms with Crippen molar-refractivity contribution in [3.8, 4) is 5.75 Å². The van der Waals surface area contributed by atoms with E-state index in [-0.39, 0.29) is 16.5 Å². The molecule has 2 aliphatic rings. The number of nitrogens with zero attached hydrogens (tertiary/aromatic N) is 1. The number of aromatic nitrogens is 1. The highest BCUT2D eigenvalue weighted by molar-refractivity contribution is 8.00. The lowest BCUT2D eigenvalue weighted by atomic mass is 9.82. The van der Waals surface area contributed by atoms with Crippen LogP contribution in [-0.4, -0.2) is 34.6 Å². The van der Waals surface area contributed by atoms with Gasteiger partial charge in [-0.25, -0.2) is 4.90 Å². The Labute approximate surface area is 277 Å². The summed E-state index contributed by atoms with van der Waals surface area (Å²) in [5, 5.41) is 4.30. The van der Waals surface area contributed by atoms with Crippen LogP contribution in [0.4, 0.5) is 24.5 Å². The van der Waals surface area contributed by atoms with Crippen LogP contribution in [0, 0.1) is 5.92 Å². The molecule has 0 unspecified atom stereocenters. The van der Waals surface area contributed by atoms with Gasteiger partial charge >= 0.3 is 11.0 Å². The van der Waals surface area contributed by atoms with E-state index >= 15 is 0 Å². The molecule has 0 aliphatic carbocycles. The molecular formula is C33H21ClF3N3O5S2. The van der Waals surface area contributed by atoms with Gasteiger partial charge in [0.1, 0.15) is 11.0 Å². The van der Waals surface area contributed by atoms with Crippen molar-refractivity contribution in [2.75, 3.05) is 16.8 Å². The van der Waals surface area contributed by atoms with E-state index in [1.165, 1.54) is 24.3 Å². The zero-order valence-electron chi connectivity index (χ0n) is 23.8. The third kappa shape index (κ3) is 5.79. The van der Waals surface area contributed by atoms with Crippen molar-refractivity contribution in [1.29, 1.82) is 0 Å². The van der Waals surface area contributed by atoms with Crippen LogP contribution >= 0.6 is 34.7 Å². The van der Waals surface area contributed by atoms with E-state index in [4.69, 9.17) is 16.3 Å². The zero-order valence-corrected chi connectivity index (χ0v) is 26.2. The molecule has 0 radical (unpaired) electrons. The Bertz CT molecular complexity index is 2150. The molecule has 14 heteroatoms. The molecule has 2 aliphatic heterocycles. The maximum Gasteiger partial charge on any atom is 0.416 e. The Kier molecular flexibility index (Phi) is 7.85. The largest absolute Gasteiger partial charge is 0.483 e. The monoisotopic (exact) mass is 695 g/mol. The van der Waals surface area contributed by atoms with Crippen LogP contribution in [0.5, 0.6) is 5.75 Å². The number of hydrogen-bond donors (Lipinski definition) is 2. The predicted octanol–water partition coefficient (Wildman–Crippen LogP) is 7.08. The van der Waals surface area contributed by atoms with Gasteiger partial charge in [-0.3, -0.25) is 19.2 Å². The van der Waals surface area contributed by atoms with Gasteiger partial charge in [-0.1, -0.05) is 71.1 Å². The molecule has 1 aromatic heterocycles. The number of carbonyl (C=O) groups is 3. The number of thiazole rings is 1. The lowest BCUT2D eigenvalue weighted by Crippen LogP contribution is -2.32. The zero-order chi connectivity index (χ0) is 33.0. The van der Waals surface area contributed by atoms with Gasteiger partial charge in [0.2, 0.25) is 11.8 Å². The van der Waals surface area contributed by atoms with Crippen molar-refractivity contribution in [2.45, 2.75) is 22.4 Å². The minimum atomic E-state index is -4.69. The number of H-pyrrole nitrogens is 1. The predicted molar refractivity (Wildman–Crippen MR) is 173 cm³/mol. The summed E-state index contributed by atoms with van der Waals surface area (Å²) in [7, 11) is 0. The molecule has 0 saturated carbocycles. The van der Waals surface area contributed by atoms with E-state index in [9.17, 15) is 32.3 Å². The number of halogens is 4. The van der Waals surface area contributed by atoms with E-state index < -0.39 is 58.0 Å². The summed E-state index contributed by atoms with van der Waals surface area (Å²) < 4.78 is 46.5. The van der Waals surface area contributed by atoms with Gasteiger partial charge in [-0.2, -0.15) is 13.2 Å². The van der Waals surface area contributed by atoms with Crippen LogP contribution in [0.25, 0.3) is 10.8 Å². The average Bonchev–Trinajstić information content (AvgIpc) is 3.53. The van der Waals surface area contributed by atoms with Crippen molar-refractivity contribution in [2.24, 2.45) is 5.92 Å². The summed E-state index contributed by atoms with van der Waals surface area (Å²) in [6.45, 7) is -0.420. The van der Waals surface area contributed by atoms with Gasteiger partial charge in [0.25, 0.3) is 5.91 Å². The van der Waals surface area contributed by atoms with Crippen molar-refractivity contribution < 1.29 is 32.3 Å². The Balaban J connectivity index is 1.22. The number of rotatable bonds is 6. The molecule has 5 aromatic rings.